The van der Waals surface area contributed by atoms with Gasteiger partial charge in [-0.3, -0.25) is 10.1 Å². The molecule has 0 aliphatic carbocycles. The van der Waals surface area contributed by atoms with Crippen molar-refractivity contribution in [3.05, 3.63) is 64.0 Å². The summed E-state index contributed by atoms with van der Waals surface area (Å²) in [7, 11) is -4.05. The van der Waals surface area contributed by atoms with Gasteiger partial charge in [-0.25, -0.2) is 18.1 Å². The standard InChI is InChI=1S/C18H17F3N4O4S/c1-3-24-16-10-12(18(19,20)21)4-9-15(16)22-17(24)11(2)23-30(28,29)14-7-5-13(6-8-14)25(26)27/h4-11,23H,3H2,1-2H3/t11-/m1/s1. The molecule has 2 aromatic carbocycles. The van der Waals surface area contributed by atoms with Crippen molar-refractivity contribution < 1.29 is 26.5 Å². The van der Waals surface area contributed by atoms with Crippen LogP contribution in [0.1, 0.15) is 31.3 Å². The van der Waals surface area contributed by atoms with Gasteiger partial charge in [0.05, 0.1) is 32.5 Å². The molecule has 8 nitrogen and oxygen atoms in total. The van der Waals surface area contributed by atoms with Gasteiger partial charge in [0.1, 0.15) is 5.82 Å². The fraction of sp³-hybridized carbons (Fsp3) is 0.278. The molecule has 30 heavy (non-hydrogen) atoms. The average molecular weight is 442 g/mol. The number of aryl methyl sites for hydroxylation is 1. The smallest absolute Gasteiger partial charge is 0.327 e. The van der Waals surface area contributed by atoms with Crippen molar-refractivity contribution >= 4 is 26.7 Å². The molecule has 0 fully saturated rings. The number of fused-ring (bicyclic) bond motifs is 1. The van der Waals surface area contributed by atoms with Crippen molar-refractivity contribution in [1.29, 1.82) is 0 Å². The van der Waals surface area contributed by atoms with Gasteiger partial charge in [0.2, 0.25) is 10.0 Å². The Morgan fingerprint density at radius 2 is 1.83 bits per heavy atom. The van der Waals surface area contributed by atoms with Crippen LogP contribution in [0.2, 0.25) is 0 Å². The van der Waals surface area contributed by atoms with Gasteiger partial charge in [0.15, 0.2) is 0 Å². The van der Waals surface area contributed by atoms with Gasteiger partial charge in [0.25, 0.3) is 5.69 Å². The molecule has 1 aromatic heterocycles. The molecule has 0 aliphatic heterocycles. The average Bonchev–Trinajstić information content (AvgIpc) is 3.05. The van der Waals surface area contributed by atoms with E-state index in [9.17, 15) is 31.7 Å². The van der Waals surface area contributed by atoms with Crippen molar-refractivity contribution in [1.82, 2.24) is 14.3 Å². The molecule has 0 bridgehead atoms. The van der Waals surface area contributed by atoms with Crippen LogP contribution in [0.5, 0.6) is 0 Å². The predicted molar refractivity (Wildman–Crippen MR) is 102 cm³/mol. The maximum Gasteiger partial charge on any atom is 0.416 e. The fourth-order valence-corrected chi connectivity index (χ4v) is 4.28. The van der Waals surface area contributed by atoms with Crippen LogP contribution in [0.15, 0.2) is 47.4 Å². The van der Waals surface area contributed by atoms with Gasteiger partial charge >= 0.3 is 6.18 Å². The number of nitro benzene ring substituents is 1. The third-order valence-electron chi connectivity index (χ3n) is 4.50. The molecule has 3 rings (SSSR count). The first-order valence-corrected chi connectivity index (χ1v) is 10.3. The van der Waals surface area contributed by atoms with Crippen molar-refractivity contribution in [2.45, 2.75) is 37.5 Å². The maximum atomic E-state index is 13.0. The summed E-state index contributed by atoms with van der Waals surface area (Å²) in [6, 6.07) is 6.62. The molecule has 0 radical (unpaired) electrons. The number of non-ortho nitro benzene ring substituents is 1. The quantitative estimate of drug-likeness (QED) is 0.458. The molecule has 0 aliphatic rings. The summed E-state index contributed by atoms with van der Waals surface area (Å²) in [6.45, 7) is 3.50. The maximum absolute atomic E-state index is 13.0. The van der Waals surface area contributed by atoms with E-state index in [1.54, 1.807) is 6.92 Å². The molecule has 0 unspecified atom stereocenters. The number of imidazole rings is 1. The van der Waals surface area contributed by atoms with E-state index in [1.165, 1.54) is 17.6 Å². The zero-order chi connectivity index (χ0) is 22.3. The summed E-state index contributed by atoms with van der Waals surface area (Å²) in [5.74, 6) is 0.248. The van der Waals surface area contributed by atoms with Crippen LogP contribution in [0.3, 0.4) is 0 Å². The first-order valence-electron chi connectivity index (χ1n) is 8.78. The normalized spacial score (nSPS) is 13.5. The number of nitrogens with zero attached hydrogens (tertiary/aromatic N) is 3. The third kappa shape index (κ3) is 4.14. The number of halogens is 3. The molecule has 1 N–H and O–H groups in total. The molecule has 0 saturated carbocycles. The summed E-state index contributed by atoms with van der Waals surface area (Å²) in [5, 5.41) is 10.7. The monoisotopic (exact) mass is 442 g/mol. The molecular weight excluding hydrogens is 425 g/mol. The second-order valence-electron chi connectivity index (χ2n) is 6.51. The second kappa shape index (κ2) is 7.69. The Morgan fingerprint density at radius 1 is 1.20 bits per heavy atom. The number of hydrogen-bond acceptors (Lipinski definition) is 5. The number of benzene rings is 2. The summed E-state index contributed by atoms with van der Waals surface area (Å²) in [4.78, 5) is 14.2. The Balaban J connectivity index is 1.96. The SMILES string of the molecule is CCn1c([C@@H](C)NS(=O)(=O)c2ccc([N+](=O)[O-])cc2)nc2ccc(C(F)(F)F)cc21. The number of rotatable bonds is 6. The fourth-order valence-electron chi connectivity index (χ4n) is 3.08. The highest BCUT2D eigenvalue weighted by atomic mass is 32.2. The van der Waals surface area contributed by atoms with Crippen LogP contribution >= 0.6 is 0 Å². The number of aromatic nitrogens is 2. The first kappa shape index (κ1) is 21.7. The van der Waals surface area contributed by atoms with E-state index >= 15 is 0 Å². The Kier molecular flexibility index (Phi) is 5.56. The summed E-state index contributed by atoms with van der Waals surface area (Å²) < 4.78 is 68.3. The lowest BCUT2D eigenvalue weighted by Gasteiger charge is -2.16. The van der Waals surface area contributed by atoms with Crippen LogP contribution < -0.4 is 4.72 Å². The topological polar surface area (TPSA) is 107 Å². The molecule has 160 valence electrons. The number of alkyl halides is 3. The summed E-state index contributed by atoms with van der Waals surface area (Å²) in [5.41, 5.74) is -0.532. The van der Waals surface area contributed by atoms with Gasteiger partial charge in [-0.15, -0.1) is 0 Å². The lowest BCUT2D eigenvalue weighted by Crippen LogP contribution is -2.28. The minimum absolute atomic E-state index is 0.182. The zero-order valence-electron chi connectivity index (χ0n) is 15.8. The van der Waals surface area contributed by atoms with E-state index in [1.807, 2.05) is 0 Å². The Labute approximate surface area is 169 Å². The highest BCUT2D eigenvalue weighted by Gasteiger charge is 2.31. The van der Waals surface area contributed by atoms with Crippen molar-refractivity contribution in [3.63, 3.8) is 0 Å². The third-order valence-corrected chi connectivity index (χ3v) is 6.06. The highest BCUT2D eigenvalue weighted by molar-refractivity contribution is 7.89. The van der Waals surface area contributed by atoms with Gasteiger partial charge in [-0.1, -0.05) is 0 Å². The molecule has 0 saturated heterocycles. The zero-order valence-corrected chi connectivity index (χ0v) is 16.7. The predicted octanol–water partition coefficient (Wildman–Crippen LogP) is 4.02. The van der Waals surface area contributed by atoms with Crippen LogP contribution in [0, 0.1) is 10.1 Å². The molecule has 3 aromatic rings. The summed E-state index contributed by atoms with van der Waals surface area (Å²) >= 11 is 0. The summed E-state index contributed by atoms with van der Waals surface area (Å²) in [6.07, 6.45) is -4.51. The van der Waals surface area contributed by atoms with E-state index < -0.39 is 32.7 Å². The van der Waals surface area contributed by atoms with E-state index in [0.717, 1.165) is 36.4 Å². The molecule has 0 amide bonds. The van der Waals surface area contributed by atoms with E-state index in [0.29, 0.717) is 5.52 Å². The number of hydrogen-bond donors (Lipinski definition) is 1. The molecule has 1 heterocycles. The van der Waals surface area contributed by atoms with Crippen LogP contribution in [0.4, 0.5) is 18.9 Å². The number of nitro groups is 1. The Morgan fingerprint density at radius 3 is 2.37 bits per heavy atom. The van der Waals surface area contributed by atoms with E-state index in [4.69, 9.17) is 0 Å². The Hall–Kier alpha value is -2.99. The Bertz CT molecular complexity index is 1200. The van der Waals surface area contributed by atoms with Gasteiger partial charge in [0, 0.05) is 18.7 Å². The second-order valence-corrected chi connectivity index (χ2v) is 8.22. The van der Waals surface area contributed by atoms with E-state index in [-0.39, 0.29) is 28.5 Å². The minimum Gasteiger partial charge on any atom is -0.327 e. The lowest BCUT2D eigenvalue weighted by molar-refractivity contribution is -0.384. The molecular formula is C18H17F3N4O4S. The van der Waals surface area contributed by atoms with Crippen LogP contribution in [-0.2, 0) is 22.7 Å². The lowest BCUT2D eigenvalue weighted by atomic mass is 10.2. The van der Waals surface area contributed by atoms with Crippen molar-refractivity contribution in [2.24, 2.45) is 0 Å². The van der Waals surface area contributed by atoms with Crippen LogP contribution in [0.25, 0.3) is 11.0 Å². The molecule has 12 heteroatoms. The van der Waals surface area contributed by atoms with Crippen molar-refractivity contribution in [3.8, 4) is 0 Å². The first-order chi connectivity index (χ1) is 13.9. The number of sulfonamides is 1. The molecule has 1 atom stereocenters. The largest absolute Gasteiger partial charge is 0.416 e. The highest BCUT2D eigenvalue weighted by Crippen LogP contribution is 2.32. The van der Waals surface area contributed by atoms with Crippen LogP contribution in [-0.4, -0.2) is 22.9 Å². The van der Waals surface area contributed by atoms with E-state index in [2.05, 4.69) is 9.71 Å². The van der Waals surface area contributed by atoms with Crippen molar-refractivity contribution in [2.75, 3.05) is 0 Å². The van der Waals surface area contributed by atoms with Gasteiger partial charge in [-0.2, -0.15) is 13.2 Å². The molecule has 0 spiro atoms. The minimum atomic E-state index is -4.51. The van der Waals surface area contributed by atoms with Gasteiger partial charge in [-0.05, 0) is 44.2 Å². The van der Waals surface area contributed by atoms with Gasteiger partial charge < -0.3 is 4.57 Å². The number of nitrogens with one attached hydrogen (secondary N) is 1.